The summed E-state index contributed by atoms with van der Waals surface area (Å²) in [6.45, 7) is 1.87. The Morgan fingerprint density at radius 2 is 2.03 bits per heavy atom. The van der Waals surface area contributed by atoms with Crippen LogP contribution in [0.4, 0.5) is 5.13 Å². The first-order valence-corrected chi connectivity index (χ1v) is 11.8. The van der Waals surface area contributed by atoms with Crippen LogP contribution in [-0.2, 0) is 18.4 Å². The summed E-state index contributed by atoms with van der Waals surface area (Å²) >= 11 is 14.4. The predicted molar refractivity (Wildman–Crippen MR) is 126 cm³/mol. The Bertz CT molecular complexity index is 1150. The molecule has 0 saturated carbocycles. The molecule has 0 spiro atoms. The summed E-state index contributed by atoms with van der Waals surface area (Å²) < 4.78 is 7.42. The number of nitrogens with zero attached hydrogens (tertiary/aromatic N) is 5. The van der Waals surface area contributed by atoms with Crippen LogP contribution < -0.4 is 10.1 Å². The maximum Gasteiger partial charge on any atom is 0.265 e. The van der Waals surface area contributed by atoms with Crippen molar-refractivity contribution in [3.05, 3.63) is 44.6 Å². The number of benzene rings is 1. The lowest BCUT2D eigenvalue weighted by molar-refractivity contribution is -0.113. The van der Waals surface area contributed by atoms with Gasteiger partial charge in [-0.15, -0.1) is 10.2 Å². The fourth-order valence-electron chi connectivity index (χ4n) is 2.46. The molecule has 170 valence electrons. The lowest BCUT2D eigenvalue weighted by Gasteiger charge is -2.08. The smallest absolute Gasteiger partial charge is 0.265 e. The standard InChI is InChI=1S/C19H20Cl2N6O3S2/c1-10-16(17(29)26(2)3)32-18(22-10)23-15(28)9-31-19-25-24-14(27(19)4)8-30-13-7-11(20)5-6-12(13)21/h5-7H,8-9H2,1-4H3,(H,22,23,28). The second kappa shape index (κ2) is 10.5. The van der Waals surface area contributed by atoms with E-state index in [9.17, 15) is 9.59 Å². The third-order valence-corrected chi connectivity index (χ3v) is 6.78. The predicted octanol–water partition coefficient (Wildman–Crippen LogP) is 3.90. The van der Waals surface area contributed by atoms with E-state index in [2.05, 4.69) is 20.5 Å². The SMILES string of the molecule is Cc1nc(NC(=O)CSc2nnc(COc3cc(Cl)ccc3Cl)n2C)sc1C(=O)N(C)C. The zero-order valence-electron chi connectivity index (χ0n) is 17.7. The van der Waals surface area contributed by atoms with Gasteiger partial charge in [0.05, 0.1) is 16.5 Å². The van der Waals surface area contributed by atoms with Gasteiger partial charge in [-0.05, 0) is 19.1 Å². The van der Waals surface area contributed by atoms with Gasteiger partial charge < -0.3 is 19.5 Å². The van der Waals surface area contributed by atoms with Crippen LogP contribution in [0, 0.1) is 6.92 Å². The first-order valence-electron chi connectivity index (χ1n) is 9.23. The number of thioether (sulfide) groups is 1. The van der Waals surface area contributed by atoms with Crippen LogP contribution in [0.1, 0.15) is 21.2 Å². The van der Waals surface area contributed by atoms with Gasteiger partial charge >= 0.3 is 0 Å². The molecule has 3 aromatic rings. The van der Waals surface area contributed by atoms with Crippen molar-refractivity contribution in [1.82, 2.24) is 24.6 Å². The zero-order valence-corrected chi connectivity index (χ0v) is 20.8. The van der Waals surface area contributed by atoms with Crippen molar-refractivity contribution < 1.29 is 14.3 Å². The second-order valence-electron chi connectivity index (χ2n) is 6.79. The van der Waals surface area contributed by atoms with E-state index in [1.165, 1.54) is 16.7 Å². The summed E-state index contributed by atoms with van der Waals surface area (Å²) in [6.07, 6.45) is 0. The van der Waals surface area contributed by atoms with Crippen molar-refractivity contribution in [3.63, 3.8) is 0 Å². The zero-order chi connectivity index (χ0) is 23.4. The van der Waals surface area contributed by atoms with Crippen LogP contribution in [-0.4, -0.2) is 56.3 Å². The van der Waals surface area contributed by atoms with Crippen molar-refractivity contribution in [2.24, 2.45) is 7.05 Å². The molecule has 0 saturated heterocycles. The monoisotopic (exact) mass is 514 g/mol. The minimum absolute atomic E-state index is 0.0997. The maximum atomic E-state index is 12.3. The lowest BCUT2D eigenvalue weighted by atomic mass is 10.3. The van der Waals surface area contributed by atoms with Crippen LogP contribution in [0.15, 0.2) is 23.4 Å². The van der Waals surface area contributed by atoms with Crippen molar-refractivity contribution in [2.45, 2.75) is 18.7 Å². The summed E-state index contributed by atoms with van der Waals surface area (Å²) in [4.78, 5) is 30.7. The van der Waals surface area contributed by atoms with Crippen LogP contribution in [0.25, 0.3) is 0 Å². The third kappa shape index (κ3) is 5.91. The van der Waals surface area contributed by atoms with Gasteiger partial charge in [-0.3, -0.25) is 9.59 Å². The molecule has 0 unspecified atom stereocenters. The number of halogens is 2. The minimum Gasteiger partial charge on any atom is -0.484 e. The van der Waals surface area contributed by atoms with Gasteiger partial charge in [0.25, 0.3) is 5.91 Å². The Labute approximate surface area is 203 Å². The van der Waals surface area contributed by atoms with E-state index in [1.54, 1.807) is 50.8 Å². The lowest BCUT2D eigenvalue weighted by Crippen LogP contribution is -2.21. The Hall–Kier alpha value is -2.34. The molecule has 0 aliphatic carbocycles. The quantitative estimate of drug-likeness (QED) is 0.454. The molecule has 0 radical (unpaired) electrons. The number of rotatable bonds is 8. The number of carbonyl (C=O) groups excluding carboxylic acids is 2. The number of hydrogen-bond acceptors (Lipinski definition) is 8. The third-order valence-electron chi connectivity index (χ3n) is 4.15. The van der Waals surface area contributed by atoms with E-state index in [-0.39, 0.29) is 24.2 Å². The number of amides is 2. The number of thiazole rings is 1. The first kappa shape index (κ1) is 24.3. The molecule has 1 aromatic carbocycles. The number of hydrogen-bond donors (Lipinski definition) is 1. The first-order chi connectivity index (χ1) is 15.2. The highest BCUT2D eigenvalue weighted by atomic mass is 35.5. The molecule has 1 N–H and O–H groups in total. The topological polar surface area (TPSA) is 102 Å². The Morgan fingerprint density at radius 1 is 1.28 bits per heavy atom. The molecule has 0 atom stereocenters. The Balaban J connectivity index is 1.56. The van der Waals surface area contributed by atoms with E-state index in [0.717, 1.165) is 11.3 Å². The number of anilines is 1. The molecular formula is C19H20Cl2N6O3S2. The molecule has 13 heteroatoms. The van der Waals surface area contributed by atoms with E-state index < -0.39 is 0 Å². The van der Waals surface area contributed by atoms with Crippen LogP contribution in [0.5, 0.6) is 5.75 Å². The number of nitrogens with one attached hydrogen (secondary N) is 1. The van der Waals surface area contributed by atoms with Crippen molar-refractivity contribution >= 4 is 63.2 Å². The van der Waals surface area contributed by atoms with Crippen molar-refractivity contribution in [2.75, 3.05) is 25.2 Å². The average Bonchev–Trinajstić information content (AvgIpc) is 3.28. The molecule has 0 aliphatic heterocycles. The Morgan fingerprint density at radius 3 is 2.75 bits per heavy atom. The van der Waals surface area contributed by atoms with E-state index in [0.29, 0.717) is 42.5 Å². The maximum absolute atomic E-state index is 12.3. The molecule has 0 fully saturated rings. The summed E-state index contributed by atoms with van der Waals surface area (Å²) in [6, 6.07) is 4.95. The molecule has 9 nitrogen and oxygen atoms in total. The molecule has 2 amide bonds. The van der Waals surface area contributed by atoms with Gasteiger partial charge in [0.15, 0.2) is 16.1 Å². The Kier molecular flexibility index (Phi) is 7.99. The van der Waals surface area contributed by atoms with E-state index >= 15 is 0 Å². The van der Waals surface area contributed by atoms with Gasteiger partial charge in [-0.1, -0.05) is 46.3 Å². The fourth-order valence-corrected chi connectivity index (χ4v) is 4.53. The highest BCUT2D eigenvalue weighted by Crippen LogP contribution is 2.28. The summed E-state index contributed by atoms with van der Waals surface area (Å²) in [7, 11) is 5.11. The molecule has 2 heterocycles. The summed E-state index contributed by atoms with van der Waals surface area (Å²) in [5.41, 5.74) is 0.578. The van der Waals surface area contributed by atoms with E-state index in [4.69, 9.17) is 27.9 Å². The number of aryl methyl sites for hydroxylation is 1. The van der Waals surface area contributed by atoms with Gasteiger partial charge in [0.1, 0.15) is 17.2 Å². The highest BCUT2D eigenvalue weighted by Gasteiger charge is 2.19. The van der Waals surface area contributed by atoms with Gasteiger partial charge in [0, 0.05) is 32.2 Å². The number of ether oxygens (including phenoxy) is 1. The van der Waals surface area contributed by atoms with Crippen LogP contribution in [0.3, 0.4) is 0 Å². The fraction of sp³-hybridized carbons (Fsp3) is 0.316. The van der Waals surface area contributed by atoms with Gasteiger partial charge in [0.2, 0.25) is 5.91 Å². The molecule has 0 aliphatic rings. The highest BCUT2D eigenvalue weighted by molar-refractivity contribution is 7.99. The number of carbonyl (C=O) groups is 2. The molecule has 32 heavy (non-hydrogen) atoms. The molecule has 0 bridgehead atoms. The van der Waals surface area contributed by atoms with E-state index in [1.807, 2.05) is 0 Å². The normalized spacial score (nSPS) is 10.8. The average molecular weight is 515 g/mol. The summed E-state index contributed by atoms with van der Waals surface area (Å²) in [5, 5.41) is 12.8. The largest absolute Gasteiger partial charge is 0.484 e. The molecule has 2 aromatic heterocycles. The van der Waals surface area contributed by atoms with Crippen LogP contribution >= 0.6 is 46.3 Å². The molecule has 3 rings (SSSR count). The minimum atomic E-state index is -0.265. The van der Waals surface area contributed by atoms with Crippen LogP contribution in [0.2, 0.25) is 10.0 Å². The molecular weight excluding hydrogens is 495 g/mol. The van der Waals surface area contributed by atoms with Crippen molar-refractivity contribution in [1.29, 1.82) is 0 Å². The van der Waals surface area contributed by atoms with Crippen molar-refractivity contribution in [3.8, 4) is 5.75 Å². The van der Waals surface area contributed by atoms with Gasteiger partial charge in [-0.2, -0.15) is 0 Å². The van der Waals surface area contributed by atoms with Gasteiger partial charge in [-0.25, -0.2) is 4.98 Å². The summed E-state index contributed by atoms with van der Waals surface area (Å²) in [5.74, 6) is 0.692. The number of aromatic nitrogens is 4. The second-order valence-corrected chi connectivity index (χ2v) is 9.58.